The van der Waals surface area contributed by atoms with E-state index in [0.29, 0.717) is 0 Å². The van der Waals surface area contributed by atoms with Crippen LogP contribution < -0.4 is 4.90 Å². The van der Waals surface area contributed by atoms with Gasteiger partial charge in [0.25, 0.3) is 0 Å². The molecular formula is C15H21BrN2O. The molecule has 4 heteroatoms. The molecule has 0 spiro atoms. The van der Waals surface area contributed by atoms with Crippen LogP contribution >= 0.6 is 15.9 Å². The molecule has 0 amide bonds. The van der Waals surface area contributed by atoms with Gasteiger partial charge in [-0.2, -0.15) is 0 Å². The quantitative estimate of drug-likeness (QED) is 0.906. The molecule has 1 aromatic rings. The van der Waals surface area contributed by atoms with E-state index in [-0.39, 0.29) is 0 Å². The van der Waals surface area contributed by atoms with Crippen molar-refractivity contribution < 1.29 is 5.11 Å². The number of hydrogen-bond acceptors (Lipinski definition) is 3. The predicted octanol–water partition coefficient (Wildman–Crippen LogP) is 2.79. The Balaban J connectivity index is 1.78. The van der Waals surface area contributed by atoms with Crippen LogP contribution in [0.25, 0.3) is 0 Å². The summed E-state index contributed by atoms with van der Waals surface area (Å²) in [6.07, 6.45) is 2.28. The van der Waals surface area contributed by atoms with Gasteiger partial charge in [0.05, 0.1) is 11.8 Å². The van der Waals surface area contributed by atoms with Crippen molar-refractivity contribution in [1.29, 1.82) is 0 Å². The van der Waals surface area contributed by atoms with Gasteiger partial charge in [-0.25, -0.2) is 0 Å². The molecule has 1 unspecified atom stereocenters. The van der Waals surface area contributed by atoms with Crippen molar-refractivity contribution in [2.24, 2.45) is 0 Å². The van der Waals surface area contributed by atoms with Crippen molar-refractivity contribution in [2.45, 2.75) is 31.9 Å². The zero-order valence-corrected chi connectivity index (χ0v) is 12.9. The van der Waals surface area contributed by atoms with E-state index in [9.17, 15) is 5.11 Å². The standard InChI is InChI=1S/C15H21BrN2O/c1-11(19)12-4-5-15(14(16)9-12)18-8-7-17-6-2-3-13(17)10-18/h4-5,9,11,13,19H,2-3,6-8,10H2,1H3/t11-,13?/m0/s1. The van der Waals surface area contributed by atoms with Crippen LogP contribution in [0.3, 0.4) is 0 Å². The zero-order valence-electron chi connectivity index (χ0n) is 11.3. The number of aliphatic hydroxyl groups is 1. The Morgan fingerprint density at radius 3 is 2.89 bits per heavy atom. The molecule has 1 aromatic carbocycles. The Labute approximate surface area is 123 Å². The number of fused-ring (bicyclic) bond motifs is 1. The Morgan fingerprint density at radius 1 is 1.32 bits per heavy atom. The molecule has 0 saturated carbocycles. The molecule has 0 bridgehead atoms. The van der Waals surface area contributed by atoms with Crippen LogP contribution in [0.4, 0.5) is 5.69 Å². The highest BCUT2D eigenvalue weighted by Crippen LogP contribution is 2.32. The first-order valence-corrected chi connectivity index (χ1v) is 7.91. The minimum absolute atomic E-state index is 0.406. The zero-order chi connectivity index (χ0) is 13.4. The van der Waals surface area contributed by atoms with Crippen LogP contribution in [0.5, 0.6) is 0 Å². The summed E-state index contributed by atoms with van der Waals surface area (Å²) in [5.74, 6) is 0. The smallest absolute Gasteiger partial charge is 0.0762 e. The largest absolute Gasteiger partial charge is 0.389 e. The molecule has 2 atom stereocenters. The molecule has 2 aliphatic rings. The van der Waals surface area contributed by atoms with Crippen LogP contribution in [0.2, 0.25) is 0 Å². The normalized spacial score (nSPS) is 25.4. The summed E-state index contributed by atoms with van der Waals surface area (Å²) in [6.45, 7) is 6.49. The van der Waals surface area contributed by atoms with Crippen LogP contribution in [0, 0.1) is 0 Å². The van der Waals surface area contributed by atoms with Gasteiger partial charge in [0.1, 0.15) is 0 Å². The van der Waals surface area contributed by atoms with Crippen LogP contribution in [-0.2, 0) is 0 Å². The molecular weight excluding hydrogens is 304 g/mol. The number of nitrogens with zero attached hydrogens (tertiary/aromatic N) is 2. The van der Waals surface area contributed by atoms with Gasteiger partial charge >= 0.3 is 0 Å². The second-order valence-electron chi connectivity index (χ2n) is 5.66. The Kier molecular flexibility index (Phi) is 3.83. The molecule has 0 radical (unpaired) electrons. The fourth-order valence-corrected chi connectivity index (χ4v) is 3.90. The molecule has 3 nitrogen and oxygen atoms in total. The number of hydrogen-bond donors (Lipinski definition) is 1. The summed E-state index contributed by atoms with van der Waals surface area (Å²) in [5.41, 5.74) is 2.23. The lowest BCUT2D eigenvalue weighted by molar-refractivity contribution is 0.199. The van der Waals surface area contributed by atoms with Crippen LogP contribution in [-0.4, -0.2) is 42.2 Å². The summed E-state index contributed by atoms with van der Waals surface area (Å²) < 4.78 is 1.09. The number of rotatable bonds is 2. The van der Waals surface area contributed by atoms with E-state index in [1.807, 2.05) is 12.1 Å². The van der Waals surface area contributed by atoms with Gasteiger partial charge < -0.3 is 10.0 Å². The Morgan fingerprint density at radius 2 is 2.16 bits per heavy atom. The second-order valence-corrected chi connectivity index (χ2v) is 6.52. The molecule has 104 valence electrons. The third kappa shape index (κ3) is 2.67. The van der Waals surface area contributed by atoms with E-state index in [2.05, 4.69) is 31.8 Å². The summed E-state index contributed by atoms with van der Waals surface area (Å²) in [7, 11) is 0. The molecule has 0 aromatic heterocycles. The predicted molar refractivity (Wildman–Crippen MR) is 81.6 cm³/mol. The van der Waals surface area contributed by atoms with E-state index in [0.717, 1.165) is 29.2 Å². The molecule has 2 aliphatic heterocycles. The lowest BCUT2D eigenvalue weighted by Gasteiger charge is -2.39. The van der Waals surface area contributed by atoms with E-state index in [1.54, 1.807) is 6.92 Å². The lowest BCUT2D eigenvalue weighted by atomic mass is 10.1. The summed E-state index contributed by atoms with van der Waals surface area (Å²) in [6, 6.07) is 6.95. The second kappa shape index (κ2) is 5.43. The van der Waals surface area contributed by atoms with Crippen molar-refractivity contribution in [3.63, 3.8) is 0 Å². The highest BCUT2D eigenvalue weighted by atomic mass is 79.9. The fourth-order valence-electron chi connectivity index (χ4n) is 3.25. The van der Waals surface area contributed by atoms with Crippen molar-refractivity contribution >= 4 is 21.6 Å². The third-order valence-electron chi connectivity index (χ3n) is 4.38. The van der Waals surface area contributed by atoms with E-state index in [4.69, 9.17) is 0 Å². The van der Waals surface area contributed by atoms with Gasteiger partial charge in [-0.15, -0.1) is 0 Å². The van der Waals surface area contributed by atoms with Crippen molar-refractivity contribution in [2.75, 3.05) is 31.1 Å². The Bertz CT molecular complexity index is 463. The number of piperazine rings is 1. The minimum Gasteiger partial charge on any atom is -0.389 e. The van der Waals surface area contributed by atoms with Gasteiger partial charge in [-0.05, 0) is 59.9 Å². The lowest BCUT2D eigenvalue weighted by Crippen LogP contribution is -2.50. The van der Waals surface area contributed by atoms with Gasteiger partial charge in [0.15, 0.2) is 0 Å². The van der Waals surface area contributed by atoms with Crippen molar-refractivity contribution in [1.82, 2.24) is 4.90 Å². The summed E-state index contributed by atoms with van der Waals surface area (Å²) in [4.78, 5) is 5.09. The van der Waals surface area contributed by atoms with E-state index >= 15 is 0 Å². The topological polar surface area (TPSA) is 26.7 Å². The minimum atomic E-state index is -0.406. The molecule has 2 saturated heterocycles. The highest BCUT2D eigenvalue weighted by molar-refractivity contribution is 9.10. The molecule has 2 fully saturated rings. The number of aliphatic hydroxyl groups excluding tert-OH is 1. The maximum Gasteiger partial charge on any atom is 0.0762 e. The Hall–Kier alpha value is -0.580. The first kappa shape index (κ1) is 13.4. The van der Waals surface area contributed by atoms with Crippen molar-refractivity contribution in [3.05, 3.63) is 28.2 Å². The van der Waals surface area contributed by atoms with Gasteiger partial charge in [0, 0.05) is 30.1 Å². The van der Waals surface area contributed by atoms with Crippen LogP contribution in [0.15, 0.2) is 22.7 Å². The van der Waals surface area contributed by atoms with Crippen LogP contribution in [0.1, 0.15) is 31.4 Å². The summed E-state index contributed by atoms with van der Waals surface area (Å²) >= 11 is 3.66. The number of benzene rings is 1. The number of halogens is 1. The average Bonchev–Trinajstić information content (AvgIpc) is 2.85. The van der Waals surface area contributed by atoms with Crippen molar-refractivity contribution in [3.8, 4) is 0 Å². The number of anilines is 1. The fraction of sp³-hybridized carbons (Fsp3) is 0.600. The monoisotopic (exact) mass is 324 g/mol. The first-order valence-electron chi connectivity index (χ1n) is 7.11. The first-order chi connectivity index (χ1) is 9.15. The average molecular weight is 325 g/mol. The SMILES string of the molecule is C[C@H](O)c1ccc(N2CCN3CCCC3C2)c(Br)c1. The molecule has 2 heterocycles. The maximum atomic E-state index is 9.63. The summed E-state index contributed by atoms with van der Waals surface area (Å²) in [5, 5.41) is 9.63. The molecule has 3 rings (SSSR count). The molecule has 19 heavy (non-hydrogen) atoms. The van der Waals surface area contributed by atoms with E-state index < -0.39 is 6.10 Å². The molecule has 1 N–H and O–H groups in total. The highest BCUT2D eigenvalue weighted by Gasteiger charge is 2.31. The van der Waals surface area contributed by atoms with Gasteiger partial charge in [0.2, 0.25) is 0 Å². The van der Waals surface area contributed by atoms with Gasteiger partial charge in [-0.3, -0.25) is 4.90 Å². The molecule has 0 aliphatic carbocycles. The maximum absolute atomic E-state index is 9.63. The third-order valence-corrected chi connectivity index (χ3v) is 5.02. The van der Waals surface area contributed by atoms with Gasteiger partial charge in [-0.1, -0.05) is 6.07 Å². The van der Waals surface area contributed by atoms with E-state index in [1.165, 1.54) is 31.6 Å².